The van der Waals surface area contributed by atoms with Crippen molar-refractivity contribution < 1.29 is 9.21 Å². The van der Waals surface area contributed by atoms with Gasteiger partial charge in [0.2, 0.25) is 0 Å². The third-order valence-corrected chi connectivity index (χ3v) is 1.83. The molecule has 4 N–H and O–H groups in total. The molecule has 1 amide bonds. The van der Waals surface area contributed by atoms with Crippen LogP contribution < -0.4 is 16.4 Å². The summed E-state index contributed by atoms with van der Waals surface area (Å²) in [5.74, 6) is 0.773. The number of rotatable bonds is 3. The molecule has 0 saturated heterocycles. The first-order chi connectivity index (χ1) is 7.17. The van der Waals surface area contributed by atoms with E-state index in [9.17, 15) is 4.79 Å². The van der Waals surface area contributed by atoms with Gasteiger partial charge in [-0.05, 0) is 6.07 Å². The summed E-state index contributed by atoms with van der Waals surface area (Å²) < 4.78 is 5.12. The Morgan fingerprint density at radius 3 is 2.87 bits per heavy atom. The SMILES string of the molecule is CN=C(NC)NCc1cc(C(N)=O)co1. The number of nitrogens with zero attached hydrogens (tertiary/aromatic N) is 1. The molecule has 6 nitrogen and oxygen atoms in total. The average molecular weight is 210 g/mol. The van der Waals surface area contributed by atoms with Crippen molar-refractivity contribution in [1.82, 2.24) is 10.6 Å². The van der Waals surface area contributed by atoms with Crippen molar-refractivity contribution >= 4 is 11.9 Å². The first kappa shape index (κ1) is 11.1. The van der Waals surface area contributed by atoms with Crippen molar-refractivity contribution in [3.63, 3.8) is 0 Å². The second-order valence-corrected chi connectivity index (χ2v) is 2.84. The third-order valence-electron chi connectivity index (χ3n) is 1.83. The highest BCUT2D eigenvalue weighted by atomic mass is 16.3. The van der Waals surface area contributed by atoms with Gasteiger partial charge in [-0.25, -0.2) is 0 Å². The van der Waals surface area contributed by atoms with Crippen LogP contribution in [0.2, 0.25) is 0 Å². The van der Waals surface area contributed by atoms with Crippen molar-refractivity contribution in [2.45, 2.75) is 6.54 Å². The molecule has 0 aromatic carbocycles. The molecule has 0 aliphatic heterocycles. The average Bonchev–Trinajstić information content (AvgIpc) is 2.68. The minimum Gasteiger partial charge on any atom is -0.467 e. The van der Waals surface area contributed by atoms with Crippen LogP contribution in [0.4, 0.5) is 0 Å². The van der Waals surface area contributed by atoms with Crippen LogP contribution in [0.25, 0.3) is 0 Å². The van der Waals surface area contributed by atoms with Crippen LogP contribution in [0.1, 0.15) is 16.1 Å². The van der Waals surface area contributed by atoms with Gasteiger partial charge in [-0.2, -0.15) is 0 Å². The highest BCUT2D eigenvalue weighted by molar-refractivity contribution is 5.92. The molecule has 1 rings (SSSR count). The minimum atomic E-state index is -0.497. The molecule has 0 atom stereocenters. The monoisotopic (exact) mass is 210 g/mol. The number of primary amides is 1. The summed E-state index contributed by atoms with van der Waals surface area (Å²) in [7, 11) is 3.42. The Morgan fingerprint density at radius 1 is 1.67 bits per heavy atom. The van der Waals surface area contributed by atoms with Crippen LogP contribution in [-0.2, 0) is 6.54 Å². The van der Waals surface area contributed by atoms with E-state index in [0.29, 0.717) is 23.8 Å². The summed E-state index contributed by atoms with van der Waals surface area (Å²) in [4.78, 5) is 14.7. The van der Waals surface area contributed by atoms with Gasteiger partial charge in [0.25, 0.3) is 5.91 Å². The van der Waals surface area contributed by atoms with Crippen molar-refractivity contribution in [2.75, 3.05) is 14.1 Å². The summed E-state index contributed by atoms with van der Waals surface area (Å²) in [6.45, 7) is 0.445. The largest absolute Gasteiger partial charge is 0.467 e. The molecular weight excluding hydrogens is 196 g/mol. The molecule has 0 radical (unpaired) electrons. The van der Waals surface area contributed by atoms with E-state index in [1.807, 2.05) is 0 Å². The van der Waals surface area contributed by atoms with Gasteiger partial charge >= 0.3 is 0 Å². The molecule has 15 heavy (non-hydrogen) atoms. The molecule has 0 aliphatic carbocycles. The van der Waals surface area contributed by atoms with E-state index in [2.05, 4.69) is 15.6 Å². The first-order valence-corrected chi connectivity index (χ1v) is 4.43. The molecule has 1 aromatic heterocycles. The standard InChI is InChI=1S/C9H14N4O2/c1-11-9(12-2)13-4-7-3-6(5-15-7)8(10)14/h3,5H,4H2,1-2H3,(H2,10,14)(H2,11,12,13). The number of aliphatic imine (C=N–C) groups is 1. The molecule has 0 bridgehead atoms. The van der Waals surface area contributed by atoms with Crippen LogP contribution in [0.5, 0.6) is 0 Å². The second kappa shape index (κ2) is 5.04. The molecule has 1 heterocycles. The number of furan rings is 1. The lowest BCUT2D eigenvalue weighted by atomic mass is 10.3. The lowest BCUT2D eigenvalue weighted by Gasteiger charge is -2.05. The van der Waals surface area contributed by atoms with Gasteiger partial charge in [-0.15, -0.1) is 0 Å². The minimum absolute atomic E-state index is 0.367. The van der Waals surface area contributed by atoms with Gasteiger partial charge in [0, 0.05) is 14.1 Å². The predicted molar refractivity (Wildman–Crippen MR) is 56.5 cm³/mol. The van der Waals surface area contributed by atoms with Gasteiger partial charge in [0.1, 0.15) is 12.0 Å². The maximum atomic E-state index is 10.8. The normalized spacial score (nSPS) is 11.2. The van der Waals surface area contributed by atoms with Crippen molar-refractivity contribution in [3.05, 3.63) is 23.7 Å². The number of guanidine groups is 1. The zero-order valence-corrected chi connectivity index (χ0v) is 8.70. The van der Waals surface area contributed by atoms with Crippen LogP contribution in [0.15, 0.2) is 21.7 Å². The Kier molecular flexibility index (Phi) is 3.73. The second-order valence-electron chi connectivity index (χ2n) is 2.84. The van der Waals surface area contributed by atoms with Gasteiger partial charge in [-0.3, -0.25) is 9.79 Å². The van der Waals surface area contributed by atoms with Crippen LogP contribution in [0, 0.1) is 0 Å². The number of carbonyl (C=O) groups excluding carboxylic acids is 1. The molecular formula is C9H14N4O2. The van der Waals surface area contributed by atoms with Crippen LogP contribution in [0.3, 0.4) is 0 Å². The number of nitrogens with two attached hydrogens (primary N) is 1. The van der Waals surface area contributed by atoms with E-state index in [1.54, 1.807) is 20.2 Å². The number of carbonyl (C=O) groups is 1. The van der Waals surface area contributed by atoms with Gasteiger partial charge < -0.3 is 20.8 Å². The topological polar surface area (TPSA) is 92.6 Å². The Bertz CT molecular complexity index is 370. The van der Waals surface area contributed by atoms with Crippen LogP contribution >= 0.6 is 0 Å². The number of hydrogen-bond acceptors (Lipinski definition) is 3. The van der Waals surface area contributed by atoms with E-state index in [-0.39, 0.29) is 0 Å². The maximum absolute atomic E-state index is 10.8. The van der Waals surface area contributed by atoms with E-state index in [4.69, 9.17) is 10.2 Å². The van der Waals surface area contributed by atoms with E-state index in [0.717, 1.165) is 0 Å². The van der Waals surface area contributed by atoms with Crippen molar-refractivity contribution in [1.29, 1.82) is 0 Å². The number of hydrogen-bond donors (Lipinski definition) is 3. The third kappa shape index (κ3) is 3.01. The molecule has 0 spiro atoms. The van der Waals surface area contributed by atoms with Gasteiger partial charge in [0.05, 0.1) is 12.1 Å². The molecule has 0 unspecified atom stereocenters. The predicted octanol–water partition coefficient (Wildman–Crippen LogP) is -0.327. The molecule has 0 fully saturated rings. The highest BCUT2D eigenvalue weighted by Gasteiger charge is 2.06. The van der Waals surface area contributed by atoms with E-state index >= 15 is 0 Å². The fraction of sp³-hybridized carbons (Fsp3) is 0.333. The Morgan fingerprint density at radius 2 is 2.40 bits per heavy atom. The number of amides is 1. The van der Waals surface area contributed by atoms with Crippen molar-refractivity contribution in [2.24, 2.45) is 10.7 Å². The summed E-state index contributed by atoms with van der Waals surface area (Å²) in [6, 6.07) is 1.60. The quantitative estimate of drug-likeness (QED) is 0.470. The van der Waals surface area contributed by atoms with E-state index < -0.39 is 5.91 Å². The fourth-order valence-corrected chi connectivity index (χ4v) is 1.05. The molecule has 0 aliphatic rings. The van der Waals surface area contributed by atoms with Crippen molar-refractivity contribution in [3.8, 4) is 0 Å². The summed E-state index contributed by atoms with van der Waals surface area (Å²) in [5, 5.41) is 5.84. The van der Waals surface area contributed by atoms with Gasteiger partial charge in [-0.1, -0.05) is 0 Å². The maximum Gasteiger partial charge on any atom is 0.251 e. The van der Waals surface area contributed by atoms with E-state index in [1.165, 1.54) is 6.26 Å². The Hall–Kier alpha value is -1.98. The lowest BCUT2D eigenvalue weighted by Crippen LogP contribution is -2.33. The number of nitrogens with one attached hydrogen (secondary N) is 2. The highest BCUT2D eigenvalue weighted by Crippen LogP contribution is 2.06. The first-order valence-electron chi connectivity index (χ1n) is 4.43. The summed E-state index contributed by atoms with van der Waals surface area (Å²) in [6.07, 6.45) is 1.33. The smallest absolute Gasteiger partial charge is 0.251 e. The molecule has 1 aromatic rings. The van der Waals surface area contributed by atoms with Crippen LogP contribution in [-0.4, -0.2) is 26.0 Å². The zero-order valence-electron chi connectivity index (χ0n) is 8.70. The fourth-order valence-electron chi connectivity index (χ4n) is 1.05. The summed E-state index contributed by atoms with van der Waals surface area (Å²) in [5.41, 5.74) is 5.45. The zero-order chi connectivity index (χ0) is 11.3. The van der Waals surface area contributed by atoms with Gasteiger partial charge in [0.15, 0.2) is 5.96 Å². The summed E-state index contributed by atoms with van der Waals surface area (Å²) >= 11 is 0. The Labute approximate surface area is 87.5 Å². The lowest BCUT2D eigenvalue weighted by molar-refractivity contribution is 0.0999. The Balaban J connectivity index is 2.54. The molecule has 0 saturated carbocycles. The molecule has 6 heteroatoms. The molecule has 82 valence electrons.